The van der Waals surface area contributed by atoms with Crippen molar-refractivity contribution in [2.45, 2.75) is 64.3 Å². The van der Waals surface area contributed by atoms with Gasteiger partial charge in [-0.05, 0) is 39.3 Å². The SMILES string of the molecule is CCCCN(C)C(=NC)NCCCN(C)C1CCCCC1. The van der Waals surface area contributed by atoms with Crippen LogP contribution in [0.1, 0.15) is 58.3 Å². The van der Waals surface area contributed by atoms with E-state index < -0.39 is 0 Å². The van der Waals surface area contributed by atoms with E-state index in [1.807, 2.05) is 7.05 Å². The predicted molar refractivity (Wildman–Crippen MR) is 93.0 cm³/mol. The third kappa shape index (κ3) is 7.16. The van der Waals surface area contributed by atoms with Crippen LogP contribution in [0.4, 0.5) is 0 Å². The highest BCUT2D eigenvalue weighted by Crippen LogP contribution is 2.21. The van der Waals surface area contributed by atoms with E-state index in [4.69, 9.17) is 0 Å². The van der Waals surface area contributed by atoms with Gasteiger partial charge in [0.05, 0.1) is 0 Å². The predicted octanol–water partition coefficient (Wildman–Crippen LogP) is 2.95. The van der Waals surface area contributed by atoms with Crippen molar-refractivity contribution in [1.82, 2.24) is 15.1 Å². The summed E-state index contributed by atoms with van der Waals surface area (Å²) in [6.07, 6.45) is 10.7. The molecule has 1 aliphatic rings. The van der Waals surface area contributed by atoms with Gasteiger partial charge in [-0.15, -0.1) is 0 Å². The van der Waals surface area contributed by atoms with Gasteiger partial charge in [0.25, 0.3) is 0 Å². The highest BCUT2D eigenvalue weighted by atomic mass is 15.3. The molecule has 0 saturated heterocycles. The lowest BCUT2D eigenvalue weighted by Gasteiger charge is -2.31. The average Bonchev–Trinajstić information content (AvgIpc) is 2.53. The second kappa shape index (κ2) is 10.9. The van der Waals surface area contributed by atoms with Crippen LogP contribution in [-0.4, -0.2) is 62.6 Å². The summed E-state index contributed by atoms with van der Waals surface area (Å²) in [6, 6.07) is 0.824. The highest BCUT2D eigenvalue weighted by Gasteiger charge is 2.17. The summed E-state index contributed by atoms with van der Waals surface area (Å²) >= 11 is 0. The first-order valence-corrected chi connectivity index (χ1v) is 8.81. The van der Waals surface area contributed by atoms with E-state index >= 15 is 0 Å². The maximum Gasteiger partial charge on any atom is 0.193 e. The molecule has 0 aromatic heterocycles. The normalized spacial score (nSPS) is 17.3. The number of guanidine groups is 1. The Hall–Kier alpha value is -0.770. The molecule has 1 N–H and O–H groups in total. The molecule has 4 nitrogen and oxygen atoms in total. The van der Waals surface area contributed by atoms with E-state index in [0.717, 1.165) is 25.1 Å². The van der Waals surface area contributed by atoms with E-state index in [0.29, 0.717) is 0 Å². The number of hydrogen-bond donors (Lipinski definition) is 1. The van der Waals surface area contributed by atoms with E-state index in [2.05, 4.69) is 41.1 Å². The third-order valence-electron chi connectivity index (χ3n) is 4.59. The number of aliphatic imine (C=N–C) groups is 1. The van der Waals surface area contributed by atoms with Crippen molar-refractivity contribution in [2.75, 3.05) is 40.8 Å². The molecule has 0 unspecified atom stereocenters. The zero-order valence-electron chi connectivity index (χ0n) is 14.7. The molecule has 0 radical (unpaired) electrons. The van der Waals surface area contributed by atoms with Crippen molar-refractivity contribution >= 4 is 5.96 Å². The summed E-state index contributed by atoms with van der Waals surface area (Å²) in [4.78, 5) is 9.16. The Balaban J connectivity index is 2.16. The summed E-state index contributed by atoms with van der Waals surface area (Å²) in [7, 11) is 6.29. The van der Waals surface area contributed by atoms with Crippen LogP contribution in [0.3, 0.4) is 0 Å². The van der Waals surface area contributed by atoms with Gasteiger partial charge in [0.1, 0.15) is 0 Å². The van der Waals surface area contributed by atoms with Crippen molar-refractivity contribution in [3.8, 4) is 0 Å². The fourth-order valence-electron chi connectivity index (χ4n) is 3.12. The Labute approximate surface area is 132 Å². The number of hydrogen-bond acceptors (Lipinski definition) is 2. The fraction of sp³-hybridized carbons (Fsp3) is 0.941. The molecule has 1 aliphatic carbocycles. The monoisotopic (exact) mass is 296 g/mol. The van der Waals surface area contributed by atoms with Crippen LogP contribution < -0.4 is 5.32 Å². The maximum absolute atomic E-state index is 4.37. The molecule has 1 fully saturated rings. The standard InChI is InChI=1S/C17H36N4/c1-5-6-14-21(4)17(18-2)19-13-10-15-20(3)16-11-8-7-9-12-16/h16H,5-15H2,1-4H3,(H,18,19). The maximum atomic E-state index is 4.37. The first-order valence-electron chi connectivity index (χ1n) is 8.81. The minimum atomic E-state index is 0.824. The van der Waals surface area contributed by atoms with E-state index in [1.54, 1.807) is 0 Å². The molecule has 1 saturated carbocycles. The molecular formula is C17H36N4. The van der Waals surface area contributed by atoms with E-state index in [1.165, 1.54) is 57.9 Å². The molecule has 0 spiro atoms. The molecule has 0 heterocycles. The highest BCUT2D eigenvalue weighted by molar-refractivity contribution is 5.79. The van der Waals surface area contributed by atoms with Crippen molar-refractivity contribution in [2.24, 2.45) is 4.99 Å². The fourth-order valence-corrected chi connectivity index (χ4v) is 3.12. The molecule has 1 rings (SSSR count). The molecule has 0 amide bonds. The van der Waals surface area contributed by atoms with Crippen LogP contribution in [0.2, 0.25) is 0 Å². The van der Waals surface area contributed by atoms with Gasteiger partial charge in [0.2, 0.25) is 0 Å². The van der Waals surface area contributed by atoms with Crippen molar-refractivity contribution in [3.63, 3.8) is 0 Å². The zero-order valence-corrected chi connectivity index (χ0v) is 14.7. The van der Waals surface area contributed by atoms with Gasteiger partial charge in [-0.25, -0.2) is 0 Å². The topological polar surface area (TPSA) is 30.9 Å². The summed E-state index contributed by atoms with van der Waals surface area (Å²) in [5.74, 6) is 1.03. The Morgan fingerprint density at radius 2 is 1.81 bits per heavy atom. The first-order chi connectivity index (χ1) is 10.2. The van der Waals surface area contributed by atoms with Crippen LogP contribution in [0.25, 0.3) is 0 Å². The Bertz CT molecular complexity index is 285. The Morgan fingerprint density at radius 1 is 1.10 bits per heavy atom. The summed E-state index contributed by atoms with van der Waals surface area (Å²) < 4.78 is 0. The van der Waals surface area contributed by atoms with Gasteiger partial charge < -0.3 is 15.1 Å². The lowest BCUT2D eigenvalue weighted by molar-refractivity contribution is 0.190. The first kappa shape index (κ1) is 18.3. The molecule has 0 bridgehead atoms. The van der Waals surface area contributed by atoms with Crippen LogP contribution in [0.15, 0.2) is 4.99 Å². The second-order valence-electron chi connectivity index (χ2n) is 6.38. The zero-order chi connectivity index (χ0) is 15.5. The summed E-state index contributed by atoms with van der Waals surface area (Å²) in [6.45, 7) is 5.51. The molecule has 124 valence electrons. The smallest absolute Gasteiger partial charge is 0.193 e. The molecular weight excluding hydrogens is 260 g/mol. The second-order valence-corrected chi connectivity index (χ2v) is 6.38. The minimum Gasteiger partial charge on any atom is -0.356 e. The third-order valence-corrected chi connectivity index (χ3v) is 4.59. The lowest BCUT2D eigenvalue weighted by Crippen LogP contribution is -2.41. The van der Waals surface area contributed by atoms with Crippen LogP contribution in [-0.2, 0) is 0 Å². The van der Waals surface area contributed by atoms with Gasteiger partial charge in [-0.1, -0.05) is 32.6 Å². The van der Waals surface area contributed by atoms with Gasteiger partial charge in [0.15, 0.2) is 5.96 Å². The summed E-state index contributed by atoms with van der Waals surface area (Å²) in [5, 5.41) is 3.49. The van der Waals surface area contributed by atoms with Crippen LogP contribution >= 0.6 is 0 Å². The number of rotatable bonds is 8. The summed E-state index contributed by atoms with van der Waals surface area (Å²) in [5.41, 5.74) is 0. The molecule has 0 atom stereocenters. The average molecular weight is 297 g/mol. The minimum absolute atomic E-state index is 0.824. The molecule has 0 aromatic rings. The molecule has 21 heavy (non-hydrogen) atoms. The number of nitrogens with one attached hydrogen (secondary N) is 1. The quantitative estimate of drug-likeness (QED) is 0.424. The Kier molecular flexibility index (Phi) is 9.48. The molecule has 0 aliphatic heterocycles. The van der Waals surface area contributed by atoms with Crippen molar-refractivity contribution in [1.29, 1.82) is 0 Å². The van der Waals surface area contributed by atoms with E-state index in [-0.39, 0.29) is 0 Å². The number of unbranched alkanes of at least 4 members (excludes halogenated alkanes) is 1. The van der Waals surface area contributed by atoms with Gasteiger partial charge in [-0.3, -0.25) is 4.99 Å². The van der Waals surface area contributed by atoms with Crippen LogP contribution in [0, 0.1) is 0 Å². The van der Waals surface area contributed by atoms with Crippen LogP contribution in [0.5, 0.6) is 0 Å². The lowest BCUT2D eigenvalue weighted by atomic mass is 9.94. The van der Waals surface area contributed by atoms with Crippen molar-refractivity contribution in [3.05, 3.63) is 0 Å². The Morgan fingerprint density at radius 3 is 2.43 bits per heavy atom. The van der Waals surface area contributed by atoms with Crippen molar-refractivity contribution < 1.29 is 0 Å². The van der Waals surface area contributed by atoms with Gasteiger partial charge in [0, 0.05) is 33.2 Å². The van der Waals surface area contributed by atoms with Gasteiger partial charge in [-0.2, -0.15) is 0 Å². The van der Waals surface area contributed by atoms with Gasteiger partial charge >= 0.3 is 0 Å². The van der Waals surface area contributed by atoms with E-state index in [9.17, 15) is 0 Å². The molecule has 4 heteroatoms. The largest absolute Gasteiger partial charge is 0.356 e. The number of nitrogens with zero attached hydrogens (tertiary/aromatic N) is 3. The molecule has 0 aromatic carbocycles.